The number of amides is 1. The van der Waals surface area contributed by atoms with Crippen molar-refractivity contribution in [1.82, 2.24) is 19.4 Å². The van der Waals surface area contributed by atoms with E-state index >= 15 is 0 Å². The van der Waals surface area contributed by atoms with Crippen molar-refractivity contribution in [1.29, 1.82) is 0 Å². The highest BCUT2D eigenvalue weighted by atomic mass is 32.1. The summed E-state index contributed by atoms with van der Waals surface area (Å²) in [4.78, 5) is 20.5. The molecule has 0 spiro atoms. The second-order valence-electron chi connectivity index (χ2n) is 9.84. The molecule has 5 rings (SSSR count). The molecule has 0 aliphatic carbocycles. The number of imidazole rings is 1. The average Bonchev–Trinajstić information content (AvgIpc) is 3.28. The van der Waals surface area contributed by atoms with Crippen LogP contribution in [0.15, 0.2) is 84.9 Å². The van der Waals surface area contributed by atoms with Crippen LogP contribution in [0.1, 0.15) is 36.9 Å². The Balaban J connectivity index is 1.17. The maximum Gasteiger partial charge on any atom is 0.409 e. The first kappa shape index (κ1) is 25.2. The van der Waals surface area contributed by atoms with E-state index in [2.05, 4.69) is 76.0 Å². The van der Waals surface area contributed by atoms with Crippen LogP contribution in [0.2, 0.25) is 0 Å². The lowest BCUT2D eigenvalue weighted by Gasteiger charge is -2.33. The van der Waals surface area contributed by atoms with Gasteiger partial charge in [-0.25, -0.2) is 4.79 Å². The van der Waals surface area contributed by atoms with E-state index < -0.39 is 0 Å². The highest BCUT2D eigenvalue weighted by Crippen LogP contribution is 2.28. The number of para-hydroxylation sites is 2. The maximum atomic E-state index is 13.0. The SMILES string of the molecule is CC(COC(=O)N1CCC(n2c(=S)[nH]c3ccccc32)CC1)N(Cc1ccccc1)Cc1ccccc1. The molecule has 192 valence electrons. The van der Waals surface area contributed by atoms with E-state index in [1.807, 2.05) is 35.2 Å². The molecule has 0 saturated carbocycles. The molecule has 1 saturated heterocycles. The van der Waals surface area contributed by atoms with Gasteiger partial charge in [0.1, 0.15) is 6.61 Å². The highest BCUT2D eigenvalue weighted by Gasteiger charge is 2.27. The first-order valence-corrected chi connectivity index (χ1v) is 13.4. The fraction of sp³-hybridized carbons (Fsp3) is 0.333. The summed E-state index contributed by atoms with van der Waals surface area (Å²) < 4.78 is 8.78. The molecule has 1 atom stereocenters. The number of benzene rings is 3. The average molecular weight is 515 g/mol. The van der Waals surface area contributed by atoms with Crippen LogP contribution in [-0.4, -0.2) is 51.2 Å². The lowest BCUT2D eigenvalue weighted by atomic mass is 10.1. The zero-order chi connectivity index (χ0) is 25.6. The van der Waals surface area contributed by atoms with E-state index in [0.29, 0.717) is 19.7 Å². The normalized spacial score (nSPS) is 15.2. The Bertz CT molecular complexity index is 1320. The molecule has 1 aromatic heterocycles. The number of nitrogens with zero attached hydrogens (tertiary/aromatic N) is 3. The van der Waals surface area contributed by atoms with Crippen LogP contribution < -0.4 is 0 Å². The van der Waals surface area contributed by atoms with Crippen molar-refractivity contribution in [3.8, 4) is 0 Å². The van der Waals surface area contributed by atoms with Gasteiger partial charge in [0.25, 0.3) is 0 Å². The first-order chi connectivity index (χ1) is 18.1. The number of hydrogen-bond acceptors (Lipinski definition) is 4. The number of nitrogens with one attached hydrogen (secondary N) is 1. The number of hydrogen-bond donors (Lipinski definition) is 1. The lowest BCUT2D eigenvalue weighted by Crippen LogP contribution is -2.42. The van der Waals surface area contributed by atoms with Crippen LogP contribution in [0.4, 0.5) is 4.79 Å². The fourth-order valence-corrected chi connectivity index (χ4v) is 5.49. The molecule has 4 aromatic rings. The molecule has 7 heteroatoms. The smallest absolute Gasteiger partial charge is 0.409 e. The summed E-state index contributed by atoms with van der Waals surface area (Å²) in [6, 6.07) is 29.4. The van der Waals surface area contributed by atoms with Crippen LogP contribution in [0.5, 0.6) is 0 Å². The predicted molar refractivity (Wildman–Crippen MR) is 150 cm³/mol. The summed E-state index contributed by atoms with van der Waals surface area (Å²) in [7, 11) is 0. The summed E-state index contributed by atoms with van der Waals surface area (Å²) in [5, 5.41) is 0. The number of carbonyl (C=O) groups excluding carboxylic acids is 1. The second kappa shape index (κ2) is 11.8. The third-order valence-electron chi connectivity index (χ3n) is 7.24. The van der Waals surface area contributed by atoms with E-state index in [9.17, 15) is 4.79 Å². The number of piperidine rings is 1. The van der Waals surface area contributed by atoms with Crippen molar-refractivity contribution in [2.24, 2.45) is 0 Å². The van der Waals surface area contributed by atoms with Gasteiger partial charge in [0.15, 0.2) is 4.77 Å². The molecule has 1 aliphatic heterocycles. The Morgan fingerprint density at radius 1 is 0.946 bits per heavy atom. The molecular formula is C30H34N4O2S. The van der Waals surface area contributed by atoms with Crippen LogP contribution in [-0.2, 0) is 17.8 Å². The fourth-order valence-electron chi connectivity index (χ4n) is 5.14. The highest BCUT2D eigenvalue weighted by molar-refractivity contribution is 7.71. The predicted octanol–water partition coefficient (Wildman–Crippen LogP) is 6.56. The number of ether oxygens (including phenoxy) is 1. The molecule has 0 bridgehead atoms. The Hall–Kier alpha value is -3.42. The number of likely N-dealkylation sites (tertiary alicyclic amines) is 1. The number of aromatic amines is 1. The van der Waals surface area contributed by atoms with Gasteiger partial charge < -0.3 is 19.2 Å². The second-order valence-corrected chi connectivity index (χ2v) is 10.2. The molecule has 3 aromatic carbocycles. The summed E-state index contributed by atoms with van der Waals surface area (Å²) in [5.41, 5.74) is 4.67. The zero-order valence-electron chi connectivity index (χ0n) is 21.3. The van der Waals surface area contributed by atoms with Gasteiger partial charge >= 0.3 is 6.09 Å². The van der Waals surface area contributed by atoms with Crippen LogP contribution >= 0.6 is 12.2 Å². The summed E-state index contributed by atoms with van der Waals surface area (Å²) >= 11 is 5.60. The van der Waals surface area contributed by atoms with Crippen molar-refractivity contribution in [2.45, 2.75) is 44.9 Å². The van der Waals surface area contributed by atoms with Crippen molar-refractivity contribution in [3.05, 3.63) is 101 Å². The van der Waals surface area contributed by atoms with E-state index in [4.69, 9.17) is 17.0 Å². The minimum atomic E-state index is -0.229. The maximum absolute atomic E-state index is 13.0. The topological polar surface area (TPSA) is 53.5 Å². The molecule has 6 nitrogen and oxygen atoms in total. The van der Waals surface area contributed by atoms with Gasteiger partial charge in [-0.3, -0.25) is 4.90 Å². The molecule has 1 aliphatic rings. The summed E-state index contributed by atoms with van der Waals surface area (Å²) in [5.74, 6) is 0. The van der Waals surface area contributed by atoms with E-state index in [0.717, 1.165) is 41.7 Å². The van der Waals surface area contributed by atoms with Crippen molar-refractivity contribution in [2.75, 3.05) is 19.7 Å². The van der Waals surface area contributed by atoms with E-state index in [1.54, 1.807) is 0 Å². The molecular weight excluding hydrogens is 480 g/mol. The molecule has 37 heavy (non-hydrogen) atoms. The van der Waals surface area contributed by atoms with Crippen LogP contribution in [0.25, 0.3) is 11.0 Å². The van der Waals surface area contributed by atoms with Gasteiger partial charge in [-0.1, -0.05) is 72.8 Å². The van der Waals surface area contributed by atoms with Crippen molar-refractivity contribution >= 4 is 29.3 Å². The number of rotatable bonds is 8. The molecule has 0 radical (unpaired) electrons. The lowest BCUT2D eigenvalue weighted by molar-refractivity contribution is 0.0568. The number of carbonyl (C=O) groups is 1. The minimum Gasteiger partial charge on any atom is -0.448 e. The third-order valence-corrected chi connectivity index (χ3v) is 7.54. The summed E-state index contributed by atoms with van der Waals surface area (Å²) in [6.07, 6.45) is 1.48. The minimum absolute atomic E-state index is 0.0754. The van der Waals surface area contributed by atoms with E-state index in [-0.39, 0.29) is 18.2 Å². The van der Waals surface area contributed by atoms with Crippen molar-refractivity contribution in [3.63, 3.8) is 0 Å². The standard InChI is InChI=1S/C30H34N4O2S/c1-23(33(20-24-10-4-2-5-11-24)21-25-12-6-3-7-13-25)22-36-30(35)32-18-16-26(17-19-32)34-28-15-9-8-14-27(28)31-29(34)37/h2-15,23,26H,16-22H2,1H3,(H,31,37). The van der Waals surface area contributed by atoms with Gasteiger partial charge in [0, 0.05) is 38.3 Å². The van der Waals surface area contributed by atoms with Crippen molar-refractivity contribution < 1.29 is 9.53 Å². The van der Waals surface area contributed by atoms with Gasteiger partial charge in [-0.2, -0.15) is 0 Å². The van der Waals surface area contributed by atoms with E-state index in [1.165, 1.54) is 11.1 Å². The summed E-state index contributed by atoms with van der Waals surface area (Å²) in [6.45, 7) is 5.40. The number of H-pyrrole nitrogens is 1. The van der Waals surface area contributed by atoms with Crippen LogP contribution in [0.3, 0.4) is 0 Å². The molecule has 1 fully saturated rings. The quantitative estimate of drug-likeness (QED) is 0.271. The Kier molecular flexibility index (Phi) is 8.02. The molecule has 2 heterocycles. The monoisotopic (exact) mass is 514 g/mol. The third kappa shape index (κ3) is 6.12. The number of fused-ring (bicyclic) bond motifs is 1. The van der Waals surface area contributed by atoms with Gasteiger partial charge in [-0.05, 0) is 55.2 Å². The molecule has 1 N–H and O–H groups in total. The zero-order valence-corrected chi connectivity index (χ0v) is 22.1. The first-order valence-electron chi connectivity index (χ1n) is 13.0. The Morgan fingerprint density at radius 2 is 1.51 bits per heavy atom. The van der Waals surface area contributed by atoms with Gasteiger partial charge in [-0.15, -0.1) is 0 Å². The van der Waals surface area contributed by atoms with Gasteiger partial charge in [0.2, 0.25) is 0 Å². The van der Waals surface area contributed by atoms with Gasteiger partial charge in [0.05, 0.1) is 11.0 Å². The number of aromatic nitrogens is 2. The molecule has 1 unspecified atom stereocenters. The Labute approximate surface area is 223 Å². The Morgan fingerprint density at radius 3 is 2.14 bits per heavy atom. The van der Waals surface area contributed by atoms with Crippen LogP contribution in [0, 0.1) is 4.77 Å². The largest absolute Gasteiger partial charge is 0.448 e. The molecule has 1 amide bonds.